The number of aliphatic hydroxyl groups is 1. The fraction of sp³-hybridized carbons (Fsp3) is 0.514. The lowest BCUT2D eigenvalue weighted by Gasteiger charge is -2.40. The highest BCUT2D eigenvalue weighted by Crippen LogP contribution is 2.63. The van der Waals surface area contributed by atoms with Gasteiger partial charge in [0.25, 0.3) is 5.91 Å². The van der Waals surface area contributed by atoms with Gasteiger partial charge in [-0.3, -0.25) is 14.4 Å². The Morgan fingerprint density at radius 3 is 2.45 bits per heavy atom. The smallest absolute Gasteiger partial charge is 0.265 e. The van der Waals surface area contributed by atoms with E-state index >= 15 is 0 Å². The molecular formula is C35H44N4O5. The van der Waals surface area contributed by atoms with Crippen molar-refractivity contribution in [1.82, 2.24) is 15.0 Å². The lowest BCUT2D eigenvalue weighted by Crippen LogP contribution is -2.53. The molecule has 9 nitrogen and oxygen atoms in total. The van der Waals surface area contributed by atoms with Crippen LogP contribution in [-0.4, -0.2) is 58.5 Å². The van der Waals surface area contributed by atoms with Crippen LogP contribution in [0.1, 0.15) is 70.3 Å². The number of aliphatic hydroxyl groups excluding tert-OH is 1. The molecule has 1 fully saturated rings. The number of aryl methyl sites for hydroxylation is 1. The molecule has 9 heteroatoms. The quantitative estimate of drug-likeness (QED) is 0.357. The van der Waals surface area contributed by atoms with E-state index < -0.39 is 11.1 Å². The lowest BCUT2D eigenvalue weighted by atomic mass is 9.63. The van der Waals surface area contributed by atoms with Crippen LogP contribution in [0.25, 0.3) is 5.57 Å². The largest absolute Gasteiger partial charge is 0.497 e. The maximum Gasteiger partial charge on any atom is 0.265 e. The molecule has 6 rings (SSSR count). The Morgan fingerprint density at radius 2 is 1.80 bits per heavy atom. The molecule has 3 aliphatic heterocycles. The van der Waals surface area contributed by atoms with E-state index in [1.165, 1.54) is 0 Å². The van der Waals surface area contributed by atoms with Crippen LogP contribution >= 0.6 is 0 Å². The van der Waals surface area contributed by atoms with Gasteiger partial charge in [0, 0.05) is 48.7 Å². The summed E-state index contributed by atoms with van der Waals surface area (Å²) in [6, 6.07) is 12.3. The topological polar surface area (TPSA) is 98.9 Å². The van der Waals surface area contributed by atoms with Crippen molar-refractivity contribution in [3.63, 3.8) is 0 Å². The van der Waals surface area contributed by atoms with E-state index in [1.807, 2.05) is 40.0 Å². The minimum Gasteiger partial charge on any atom is -0.497 e. The van der Waals surface area contributed by atoms with Gasteiger partial charge in [-0.25, -0.2) is 0 Å². The number of nitrogens with zero attached hydrogens (tertiary/aromatic N) is 4. The van der Waals surface area contributed by atoms with E-state index in [9.17, 15) is 9.90 Å². The molecule has 234 valence electrons. The predicted octanol–water partition coefficient (Wildman–Crippen LogP) is 5.29. The summed E-state index contributed by atoms with van der Waals surface area (Å²) in [4.78, 5) is 16.9. The number of benzene rings is 2. The van der Waals surface area contributed by atoms with Crippen LogP contribution in [-0.2, 0) is 33.5 Å². The first-order valence-electron chi connectivity index (χ1n) is 15.5. The van der Waals surface area contributed by atoms with Crippen LogP contribution < -0.4 is 14.4 Å². The van der Waals surface area contributed by atoms with Gasteiger partial charge in [0.2, 0.25) is 0 Å². The van der Waals surface area contributed by atoms with E-state index in [0.717, 1.165) is 39.4 Å². The average molecular weight is 601 g/mol. The molecule has 4 heterocycles. The van der Waals surface area contributed by atoms with Gasteiger partial charge >= 0.3 is 0 Å². The van der Waals surface area contributed by atoms with Crippen molar-refractivity contribution in [1.29, 1.82) is 0 Å². The summed E-state index contributed by atoms with van der Waals surface area (Å²) in [6.45, 7) is 13.6. The number of methoxy groups -OCH3 is 2. The molecule has 0 bridgehead atoms. The van der Waals surface area contributed by atoms with Gasteiger partial charge in [0.05, 0.1) is 37.2 Å². The molecular weight excluding hydrogens is 556 g/mol. The molecule has 1 saturated heterocycles. The molecule has 1 N–H and O–H groups in total. The molecule has 4 atom stereocenters. The first-order valence-corrected chi connectivity index (χ1v) is 15.5. The highest BCUT2D eigenvalue weighted by molar-refractivity contribution is 6.12. The van der Waals surface area contributed by atoms with Crippen molar-refractivity contribution in [3.8, 4) is 11.5 Å². The number of amides is 1. The van der Waals surface area contributed by atoms with Gasteiger partial charge in [0.15, 0.2) is 5.60 Å². The van der Waals surface area contributed by atoms with Crippen molar-refractivity contribution in [2.75, 3.05) is 25.7 Å². The zero-order valence-corrected chi connectivity index (χ0v) is 27.0. The number of allylic oxidation sites excluding steroid dienone is 1. The summed E-state index contributed by atoms with van der Waals surface area (Å²) in [7, 11) is 3.34. The second kappa shape index (κ2) is 10.7. The zero-order chi connectivity index (χ0) is 31.6. The molecule has 0 aliphatic carbocycles. The number of fused-ring (bicyclic) bond motifs is 1. The molecule has 0 saturated carbocycles. The van der Waals surface area contributed by atoms with Crippen LogP contribution in [0.15, 0.2) is 48.7 Å². The first-order chi connectivity index (χ1) is 20.9. The molecule has 3 aromatic rings. The number of rotatable bonds is 9. The van der Waals surface area contributed by atoms with Gasteiger partial charge in [0.1, 0.15) is 11.5 Å². The van der Waals surface area contributed by atoms with Crippen LogP contribution in [0.2, 0.25) is 0 Å². The monoisotopic (exact) mass is 600 g/mol. The summed E-state index contributed by atoms with van der Waals surface area (Å²) in [6.07, 6.45) is 4.87. The van der Waals surface area contributed by atoms with Crippen LogP contribution in [0.5, 0.6) is 11.5 Å². The van der Waals surface area contributed by atoms with Crippen molar-refractivity contribution in [3.05, 3.63) is 71.1 Å². The number of ether oxygens (including phenoxy) is 3. The zero-order valence-electron chi connectivity index (χ0n) is 27.0. The van der Waals surface area contributed by atoms with E-state index in [-0.39, 0.29) is 35.9 Å². The van der Waals surface area contributed by atoms with E-state index in [1.54, 1.807) is 14.2 Å². The predicted molar refractivity (Wildman–Crippen MR) is 169 cm³/mol. The molecule has 1 amide bonds. The van der Waals surface area contributed by atoms with E-state index in [4.69, 9.17) is 14.2 Å². The SMILES string of the molecule is COc1ccc(C(C)(C)[C@H]2[C@H](CCn3cc(CCO)nn3)O[C@@]3(C(=O)N4c5c(cc(OC)cc53)C(C)=CC4(C)C)[C@@H]2C)cc1. The van der Waals surface area contributed by atoms with E-state index in [2.05, 4.69) is 70.1 Å². The highest BCUT2D eigenvalue weighted by Gasteiger charge is 2.68. The lowest BCUT2D eigenvalue weighted by molar-refractivity contribution is -0.146. The molecule has 1 spiro atoms. The molecule has 0 radical (unpaired) electrons. The van der Waals surface area contributed by atoms with Gasteiger partial charge in [-0.1, -0.05) is 44.2 Å². The minimum absolute atomic E-state index is 0.0210. The van der Waals surface area contributed by atoms with Crippen molar-refractivity contribution < 1.29 is 24.1 Å². The number of aromatic nitrogens is 3. The standard InChI is InChI=1S/C35H44N4O5/c1-21-19-33(3,4)39-31-27(21)17-26(43-8)18-28(31)35(32(39)41)22(2)30(34(5,6)23-9-11-25(42-7)12-10-23)29(44-35)13-15-38-20-24(14-16-40)36-37-38/h9-12,17-20,22,29-30,40H,13-16H2,1-8H3/t22-,29+,30-,35+/m1/s1. The fourth-order valence-electron chi connectivity index (χ4n) is 8.18. The highest BCUT2D eigenvalue weighted by atomic mass is 16.5. The maximum absolute atomic E-state index is 15.0. The minimum atomic E-state index is -1.18. The average Bonchev–Trinajstić information content (AvgIpc) is 3.64. The third-order valence-corrected chi connectivity index (χ3v) is 10.2. The normalized spacial score (nSPS) is 25.4. The molecule has 3 aliphatic rings. The second-order valence-corrected chi connectivity index (χ2v) is 13.6. The van der Waals surface area contributed by atoms with Gasteiger partial charge in [-0.05, 0) is 68.0 Å². The summed E-state index contributed by atoms with van der Waals surface area (Å²) >= 11 is 0. The van der Waals surface area contributed by atoms with Crippen LogP contribution in [0.4, 0.5) is 5.69 Å². The summed E-state index contributed by atoms with van der Waals surface area (Å²) in [5.41, 5.74) is 3.78. The maximum atomic E-state index is 15.0. The number of hydrogen-bond donors (Lipinski definition) is 1. The number of hydrogen-bond acceptors (Lipinski definition) is 7. The van der Waals surface area contributed by atoms with Gasteiger partial charge in [-0.15, -0.1) is 5.10 Å². The summed E-state index contributed by atoms with van der Waals surface area (Å²) in [5.74, 6) is 1.30. The Bertz CT molecular complexity index is 1610. The number of anilines is 1. The Kier molecular flexibility index (Phi) is 7.40. The van der Waals surface area contributed by atoms with E-state index in [0.29, 0.717) is 25.1 Å². The Morgan fingerprint density at radius 1 is 1.09 bits per heavy atom. The van der Waals surface area contributed by atoms with Gasteiger partial charge < -0.3 is 19.3 Å². The molecule has 2 aromatic carbocycles. The van der Waals surface area contributed by atoms with Crippen molar-refractivity contribution in [2.24, 2.45) is 11.8 Å². The fourth-order valence-corrected chi connectivity index (χ4v) is 8.18. The van der Waals surface area contributed by atoms with Crippen LogP contribution in [0, 0.1) is 11.8 Å². The van der Waals surface area contributed by atoms with Crippen molar-refractivity contribution >= 4 is 17.2 Å². The molecule has 44 heavy (non-hydrogen) atoms. The second-order valence-electron chi connectivity index (χ2n) is 13.6. The Balaban J connectivity index is 1.48. The molecule has 1 aromatic heterocycles. The summed E-state index contributed by atoms with van der Waals surface area (Å²) in [5, 5.41) is 17.9. The third-order valence-electron chi connectivity index (χ3n) is 10.2. The first kappa shape index (κ1) is 30.3. The number of carbonyl (C=O) groups is 1. The Labute approximate surface area is 259 Å². The Hall–Kier alpha value is -3.69. The van der Waals surface area contributed by atoms with Crippen molar-refractivity contribution in [2.45, 2.75) is 83.6 Å². The third kappa shape index (κ3) is 4.46. The summed E-state index contributed by atoms with van der Waals surface area (Å²) < 4.78 is 20.3. The number of carbonyl (C=O) groups excluding carboxylic acids is 1. The molecule has 0 unspecified atom stereocenters. The van der Waals surface area contributed by atoms with Gasteiger partial charge in [-0.2, -0.15) is 0 Å². The van der Waals surface area contributed by atoms with Crippen LogP contribution in [0.3, 0.4) is 0 Å².